The molecule has 272 valence electrons. The van der Waals surface area contributed by atoms with Crippen molar-refractivity contribution in [1.29, 1.82) is 0 Å². The molecule has 0 aliphatic rings. The van der Waals surface area contributed by atoms with E-state index in [4.69, 9.17) is 9.47 Å². The van der Waals surface area contributed by atoms with Crippen LogP contribution in [0.4, 0.5) is 48.3 Å². The molecule has 0 unspecified atom stereocenters. The summed E-state index contributed by atoms with van der Waals surface area (Å²) in [5.41, 5.74) is 0.933. The molecular formula is C36H39F11O2. The SMILES string of the molecule is CCCCCC[C@H](C)Oc1ccc(-c2ccc(-c3ccc(OCCCCCCC(F)(F)C(F)(F)C(F)(F)C(F)(F)F)cc3)c(F)c2F)cc1. The van der Waals surface area contributed by atoms with Gasteiger partial charge in [-0.3, -0.25) is 0 Å². The molecule has 0 saturated heterocycles. The summed E-state index contributed by atoms with van der Waals surface area (Å²) in [6.45, 7) is 4.18. The average Bonchev–Trinajstić information content (AvgIpc) is 3.04. The molecule has 0 radical (unpaired) electrons. The summed E-state index contributed by atoms with van der Waals surface area (Å²) in [5.74, 6) is -20.2. The average molecular weight is 713 g/mol. The van der Waals surface area contributed by atoms with Gasteiger partial charge in [-0.2, -0.15) is 39.5 Å². The monoisotopic (exact) mass is 712 g/mol. The fourth-order valence-corrected chi connectivity index (χ4v) is 5.15. The largest absolute Gasteiger partial charge is 0.494 e. The lowest BCUT2D eigenvalue weighted by Gasteiger charge is -2.33. The molecule has 0 bridgehead atoms. The van der Waals surface area contributed by atoms with Crippen molar-refractivity contribution in [2.75, 3.05) is 6.61 Å². The molecule has 1 atom stereocenters. The molecule has 0 N–H and O–H groups in total. The Morgan fingerprint density at radius 3 is 1.57 bits per heavy atom. The Bertz CT molecular complexity index is 1450. The molecule has 0 spiro atoms. The first-order valence-electron chi connectivity index (χ1n) is 16.1. The maximum atomic E-state index is 15.2. The summed E-state index contributed by atoms with van der Waals surface area (Å²) < 4.78 is 158. The molecule has 0 aliphatic carbocycles. The molecule has 0 amide bonds. The lowest BCUT2D eigenvalue weighted by Crippen LogP contribution is -2.60. The van der Waals surface area contributed by atoms with Crippen LogP contribution in [0.3, 0.4) is 0 Å². The van der Waals surface area contributed by atoms with Crippen molar-refractivity contribution >= 4 is 0 Å². The highest BCUT2D eigenvalue weighted by atomic mass is 19.4. The highest BCUT2D eigenvalue weighted by Crippen LogP contribution is 2.54. The number of ether oxygens (including phenoxy) is 2. The number of rotatable bonds is 19. The van der Waals surface area contributed by atoms with Crippen LogP contribution in [0.5, 0.6) is 11.5 Å². The van der Waals surface area contributed by atoms with Crippen molar-refractivity contribution in [3.63, 3.8) is 0 Å². The third-order valence-corrected chi connectivity index (χ3v) is 8.08. The van der Waals surface area contributed by atoms with Gasteiger partial charge in [0, 0.05) is 17.5 Å². The lowest BCUT2D eigenvalue weighted by atomic mass is 9.98. The van der Waals surface area contributed by atoms with Crippen molar-refractivity contribution in [3.8, 4) is 33.8 Å². The third-order valence-electron chi connectivity index (χ3n) is 8.08. The zero-order chi connectivity index (χ0) is 36.5. The first kappa shape index (κ1) is 39.9. The summed E-state index contributed by atoms with van der Waals surface area (Å²) >= 11 is 0. The van der Waals surface area contributed by atoms with E-state index >= 15 is 8.78 Å². The van der Waals surface area contributed by atoms with Gasteiger partial charge in [-0.1, -0.05) is 75.4 Å². The van der Waals surface area contributed by atoms with Gasteiger partial charge in [0.2, 0.25) is 0 Å². The van der Waals surface area contributed by atoms with Crippen molar-refractivity contribution in [2.24, 2.45) is 0 Å². The summed E-state index contributed by atoms with van der Waals surface area (Å²) in [7, 11) is 0. The smallest absolute Gasteiger partial charge is 0.460 e. The van der Waals surface area contributed by atoms with E-state index in [-0.39, 0.29) is 43.1 Å². The van der Waals surface area contributed by atoms with Crippen LogP contribution in [-0.2, 0) is 0 Å². The quantitative estimate of drug-likeness (QED) is 0.0910. The zero-order valence-electron chi connectivity index (χ0n) is 27.1. The maximum Gasteiger partial charge on any atom is 0.460 e. The molecule has 13 heteroatoms. The third kappa shape index (κ3) is 10.0. The van der Waals surface area contributed by atoms with E-state index in [9.17, 15) is 39.5 Å². The number of hydrogen-bond donors (Lipinski definition) is 0. The van der Waals surface area contributed by atoms with Crippen LogP contribution in [0.1, 0.15) is 78.1 Å². The van der Waals surface area contributed by atoms with E-state index in [1.807, 2.05) is 6.92 Å². The van der Waals surface area contributed by atoms with Gasteiger partial charge in [0.25, 0.3) is 0 Å². The van der Waals surface area contributed by atoms with E-state index in [2.05, 4.69) is 6.92 Å². The van der Waals surface area contributed by atoms with Crippen LogP contribution in [0.2, 0.25) is 0 Å². The lowest BCUT2D eigenvalue weighted by molar-refractivity contribution is -0.396. The predicted octanol–water partition coefficient (Wildman–Crippen LogP) is 12.8. The molecule has 3 aromatic rings. The Kier molecular flexibility index (Phi) is 13.8. The summed E-state index contributed by atoms with van der Waals surface area (Å²) in [6, 6.07) is 15.7. The fourth-order valence-electron chi connectivity index (χ4n) is 5.15. The topological polar surface area (TPSA) is 18.5 Å². The number of halogens is 11. The van der Waals surface area contributed by atoms with E-state index in [1.54, 1.807) is 24.3 Å². The molecule has 0 heterocycles. The van der Waals surface area contributed by atoms with E-state index in [0.717, 1.165) is 25.7 Å². The molecule has 49 heavy (non-hydrogen) atoms. The highest BCUT2D eigenvalue weighted by molar-refractivity contribution is 5.72. The van der Waals surface area contributed by atoms with Crippen LogP contribution >= 0.6 is 0 Å². The minimum atomic E-state index is -6.88. The first-order chi connectivity index (χ1) is 22.9. The van der Waals surface area contributed by atoms with Crippen LogP contribution in [-0.4, -0.2) is 36.7 Å². The first-order valence-corrected chi connectivity index (χ1v) is 16.1. The van der Waals surface area contributed by atoms with Gasteiger partial charge in [-0.25, -0.2) is 8.78 Å². The van der Waals surface area contributed by atoms with Gasteiger partial charge in [-0.05, 0) is 68.0 Å². The zero-order valence-corrected chi connectivity index (χ0v) is 27.1. The van der Waals surface area contributed by atoms with Crippen LogP contribution < -0.4 is 9.47 Å². The molecule has 3 aromatic carbocycles. The fraction of sp³-hybridized carbons (Fsp3) is 0.500. The molecule has 0 saturated carbocycles. The predicted molar refractivity (Wildman–Crippen MR) is 166 cm³/mol. The second-order valence-electron chi connectivity index (χ2n) is 12.0. The molecule has 0 fully saturated rings. The van der Waals surface area contributed by atoms with Gasteiger partial charge < -0.3 is 9.47 Å². The van der Waals surface area contributed by atoms with Crippen molar-refractivity contribution in [3.05, 3.63) is 72.3 Å². The Balaban J connectivity index is 1.48. The Labute approximate surface area is 278 Å². The Morgan fingerprint density at radius 2 is 1.06 bits per heavy atom. The standard InChI is InChI=1S/C36H39F11O2/c1-3-4-5-8-11-24(2)49-28-18-14-26(15-19-28)30-21-20-29(31(37)32(30)38)25-12-16-27(17-13-25)48-23-10-7-6-9-22-33(39,40)34(41,42)35(43,44)36(45,46)47/h12-21,24H,3-11,22-23H2,1-2H3/t24-/m0/s1. The molecule has 0 aliphatic heterocycles. The van der Waals surface area contributed by atoms with Crippen molar-refractivity contribution < 1.29 is 57.8 Å². The van der Waals surface area contributed by atoms with Crippen LogP contribution in [0.25, 0.3) is 22.3 Å². The van der Waals surface area contributed by atoms with Gasteiger partial charge >= 0.3 is 23.9 Å². The summed E-state index contributed by atoms with van der Waals surface area (Å²) in [6.07, 6.45) is -3.68. The molecular weight excluding hydrogens is 673 g/mol. The van der Waals surface area contributed by atoms with E-state index in [1.165, 1.54) is 42.8 Å². The second-order valence-corrected chi connectivity index (χ2v) is 12.0. The van der Waals surface area contributed by atoms with Gasteiger partial charge in [-0.15, -0.1) is 0 Å². The van der Waals surface area contributed by atoms with Crippen LogP contribution in [0.15, 0.2) is 60.7 Å². The second kappa shape index (κ2) is 16.9. The summed E-state index contributed by atoms with van der Waals surface area (Å²) in [4.78, 5) is 0. The van der Waals surface area contributed by atoms with Gasteiger partial charge in [0.1, 0.15) is 11.5 Å². The number of alkyl halides is 9. The Hall–Kier alpha value is -3.51. The van der Waals surface area contributed by atoms with Crippen LogP contribution in [0, 0.1) is 11.6 Å². The minimum Gasteiger partial charge on any atom is -0.494 e. The minimum absolute atomic E-state index is 0.0139. The van der Waals surface area contributed by atoms with Gasteiger partial charge in [0.05, 0.1) is 12.7 Å². The molecule has 3 rings (SSSR count). The number of hydrogen-bond acceptors (Lipinski definition) is 2. The number of unbranched alkanes of at least 4 members (excludes halogenated alkanes) is 6. The number of benzene rings is 3. The normalized spacial score (nSPS) is 13.4. The Morgan fingerprint density at radius 1 is 0.571 bits per heavy atom. The molecule has 0 aromatic heterocycles. The van der Waals surface area contributed by atoms with Gasteiger partial charge in [0.15, 0.2) is 11.6 Å². The van der Waals surface area contributed by atoms with Crippen molar-refractivity contribution in [2.45, 2.75) is 108 Å². The van der Waals surface area contributed by atoms with E-state index in [0.29, 0.717) is 22.6 Å². The summed E-state index contributed by atoms with van der Waals surface area (Å²) in [5, 5.41) is 0. The molecule has 2 nitrogen and oxygen atoms in total. The van der Waals surface area contributed by atoms with Crippen molar-refractivity contribution in [1.82, 2.24) is 0 Å². The van der Waals surface area contributed by atoms with E-state index < -0.39 is 48.4 Å². The maximum absolute atomic E-state index is 15.2. The highest BCUT2D eigenvalue weighted by Gasteiger charge is 2.81.